The third-order valence-electron chi connectivity index (χ3n) is 3.77. The number of ketones is 1. The lowest BCUT2D eigenvalue weighted by atomic mass is 10.1. The smallest absolute Gasteiger partial charge is 0.153 e. The van der Waals surface area contributed by atoms with Crippen molar-refractivity contribution in [3.8, 4) is 5.75 Å². The van der Waals surface area contributed by atoms with E-state index in [0.717, 1.165) is 16.9 Å². The Morgan fingerprint density at radius 3 is 2.80 bits per heavy atom. The molecule has 5 nitrogen and oxygen atoms in total. The van der Waals surface area contributed by atoms with Crippen LogP contribution in [0.2, 0.25) is 10.0 Å². The third kappa shape index (κ3) is 4.51. The fourth-order valence-corrected chi connectivity index (χ4v) is 2.88. The number of hydrogen-bond donors (Lipinski definition) is 2. The van der Waals surface area contributed by atoms with Crippen LogP contribution in [0.1, 0.15) is 12.2 Å². The van der Waals surface area contributed by atoms with Gasteiger partial charge in [0, 0.05) is 17.9 Å². The maximum Gasteiger partial charge on any atom is 0.153 e. The maximum atomic E-state index is 12.2. The number of aromatic nitrogens is 2. The zero-order chi connectivity index (χ0) is 17.8. The molecular weight excluding hydrogens is 361 g/mol. The molecule has 130 valence electrons. The van der Waals surface area contributed by atoms with Crippen molar-refractivity contribution >= 4 is 40.0 Å². The van der Waals surface area contributed by atoms with Crippen LogP contribution in [0, 0.1) is 0 Å². The first-order valence-electron chi connectivity index (χ1n) is 7.82. The van der Waals surface area contributed by atoms with Gasteiger partial charge in [-0.25, -0.2) is 4.98 Å². The lowest BCUT2D eigenvalue weighted by Crippen LogP contribution is -2.36. The number of H-pyrrole nitrogens is 1. The molecule has 1 heterocycles. The fraction of sp³-hybridized carbons (Fsp3) is 0.222. The summed E-state index contributed by atoms with van der Waals surface area (Å²) in [5, 5.41) is 0.901. The highest BCUT2D eigenvalue weighted by Crippen LogP contribution is 2.27. The van der Waals surface area contributed by atoms with Crippen LogP contribution < -0.4 is 10.5 Å². The maximum absolute atomic E-state index is 12.2. The summed E-state index contributed by atoms with van der Waals surface area (Å²) in [7, 11) is 0. The highest BCUT2D eigenvalue weighted by atomic mass is 35.5. The van der Waals surface area contributed by atoms with E-state index >= 15 is 0 Å². The third-order valence-corrected chi connectivity index (χ3v) is 4.30. The van der Waals surface area contributed by atoms with E-state index in [2.05, 4.69) is 9.97 Å². The SMILES string of the molecule is N[C@@H](COc1ccc(Cl)cc1Cl)C(=O)CCc1nc2ccccc2[nH]1. The van der Waals surface area contributed by atoms with E-state index in [1.807, 2.05) is 24.3 Å². The van der Waals surface area contributed by atoms with Gasteiger partial charge in [0.2, 0.25) is 0 Å². The zero-order valence-electron chi connectivity index (χ0n) is 13.3. The van der Waals surface area contributed by atoms with Crippen LogP contribution in [0.15, 0.2) is 42.5 Å². The summed E-state index contributed by atoms with van der Waals surface area (Å²) in [6.07, 6.45) is 0.793. The van der Waals surface area contributed by atoms with Crippen LogP contribution in [-0.4, -0.2) is 28.4 Å². The average Bonchev–Trinajstić information content (AvgIpc) is 3.01. The molecule has 0 bridgehead atoms. The topological polar surface area (TPSA) is 81.0 Å². The fourth-order valence-electron chi connectivity index (χ4n) is 2.42. The number of carbonyl (C=O) groups is 1. The second-order valence-corrected chi connectivity index (χ2v) is 6.50. The Morgan fingerprint density at radius 1 is 1.24 bits per heavy atom. The Kier molecular flexibility index (Phi) is 5.58. The van der Waals surface area contributed by atoms with Gasteiger partial charge < -0.3 is 15.5 Å². The Hall–Kier alpha value is -2.08. The number of nitrogens with two attached hydrogens (primary N) is 1. The minimum atomic E-state index is -0.726. The molecule has 0 radical (unpaired) electrons. The molecule has 0 aliphatic heterocycles. The van der Waals surface area contributed by atoms with Crippen molar-refractivity contribution in [1.29, 1.82) is 0 Å². The quantitative estimate of drug-likeness (QED) is 0.656. The van der Waals surface area contributed by atoms with E-state index < -0.39 is 6.04 Å². The molecular formula is C18H17Cl2N3O2. The minimum absolute atomic E-state index is 0.0559. The number of carbonyl (C=O) groups excluding carboxylic acids is 1. The first-order valence-corrected chi connectivity index (χ1v) is 8.58. The molecule has 0 aliphatic rings. The second kappa shape index (κ2) is 7.87. The Labute approximate surface area is 155 Å². The molecule has 1 atom stereocenters. The molecule has 3 rings (SSSR count). The number of halogens is 2. The predicted octanol–water partition coefficient (Wildman–Crippen LogP) is 3.78. The summed E-state index contributed by atoms with van der Waals surface area (Å²) in [6.45, 7) is 0.0559. The molecule has 2 aromatic carbocycles. The Morgan fingerprint density at radius 2 is 2.04 bits per heavy atom. The zero-order valence-corrected chi connectivity index (χ0v) is 14.8. The lowest BCUT2D eigenvalue weighted by Gasteiger charge is -2.13. The molecule has 0 saturated heterocycles. The van der Waals surface area contributed by atoms with Gasteiger partial charge in [-0.15, -0.1) is 0 Å². The van der Waals surface area contributed by atoms with Crippen LogP contribution in [0.5, 0.6) is 5.75 Å². The summed E-state index contributed by atoms with van der Waals surface area (Å²) in [6, 6.07) is 11.9. The molecule has 0 aliphatic carbocycles. The van der Waals surface area contributed by atoms with E-state index in [9.17, 15) is 4.79 Å². The molecule has 3 aromatic rings. The van der Waals surface area contributed by atoms with Gasteiger partial charge in [0.25, 0.3) is 0 Å². The molecule has 0 saturated carbocycles. The number of hydrogen-bond acceptors (Lipinski definition) is 4. The van der Waals surface area contributed by atoms with E-state index in [1.165, 1.54) is 0 Å². The summed E-state index contributed by atoms with van der Waals surface area (Å²) in [5.74, 6) is 1.13. The van der Waals surface area contributed by atoms with Crippen molar-refractivity contribution in [1.82, 2.24) is 9.97 Å². The number of benzene rings is 2. The van der Waals surface area contributed by atoms with Gasteiger partial charge in [0.05, 0.1) is 22.1 Å². The van der Waals surface area contributed by atoms with Crippen molar-refractivity contribution < 1.29 is 9.53 Å². The normalized spacial score (nSPS) is 12.3. The van der Waals surface area contributed by atoms with Gasteiger partial charge in [-0.3, -0.25) is 4.79 Å². The lowest BCUT2D eigenvalue weighted by molar-refractivity contribution is -0.120. The van der Waals surface area contributed by atoms with Crippen molar-refractivity contribution in [3.63, 3.8) is 0 Å². The molecule has 25 heavy (non-hydrogen) atoms. The number of fused-ring (bicyclic) bond motifs is 1. The molecule has 0 spiro atoms. The summed E-state index contributed by atoms with van der Waals surface area (Å²) in [4.78, 5) is 19.8. The standard InChI is InChI=1S/C18H17Cl2N3O2/c19-11-5-7-17(12(20)9-11)25-10-13(21)16(24)6-8-18-22-14-3-1-2-4-15(14)23-18/h1-5,7,9,13H,6,8,10,21H2,(H,22,23)/t13-/m0/s1. The van der Waals surface area contributed by atoms with E-state index in [1.54, 1.807) is 18.2 Å². The number of para-hydroxylation sites is 2. The number of aromatic amines is 1. The number of rotatable bonds is 7. The Balaban J connectivity index is 1.52. The number of Topliss-reactive ketones (excluding diaryl/α,β-unsaturated/α-hetero) is 1. The first-order chi connectivity index (χ1) is 12.0. The molecule has 0 unspecified atom stereocenters. The minimum Gasteiger partial charge on any atom is -0.490 e. The highest BCUT2D eigenvalue weighted by molar-refractivity contribution is 6.35. The summed E-state index contributed by atoms with van der Waals surface area (Å²) < 4.78 is 5.51. The van der Waals surface area contributed by atoms with Crippen molar-refractivity contribution in [2.75, 3.05) is 6.61 Å². The van der Waals surface area contributed by atoms with E-state index in [-0.39, 0.29) is 12.4 Å². The molecule has 0 fully saturated rings. The number of aryl methyl sites for hydroxylation is 1. The van der Waals surface area contributed by atoms with E-state index in [0.29, 0.717) is 28.6 Å². The number of ether oxygens (including phenoxy) is 1. The van der Waals surface area contributed by atoms with Crippen molar-refractivity contribution in [2.45, 2.75) is 18.9 Å². The molecule has 7 heteroatoms. The molecule has 3 N–H and O–H groups in total. The van der Waals surface area contributed by atoms with Crippen molar-refractivity contribution in [3.05, 3.63) is 58.3 Å². The first kappa shape index (κ1) is 17.7. The van der Waals surface area contributed by atoms with Gasteiger partial charge in [0.1, 0.15) is 18.2 Å². The summed E-state index contributed by atoms with van der Waals surface area (Å²) in [5.41, 5.74) is 7.75. The molecule has 0 amide bonds. The van der Waals surface area contributed by atoms with E-state index in [4.69, 9.17) is 33.7 Å². The van der Waals surface area contributed by atoms with Crippen molar-refractivity contribution in [2.24, 2.45) is 5.73 Å². The van der Waals surface area contributed by atoms with Gasteiger partial charge >= 0.3 is 0 Å². The average molecular weight is 378 g/mol. The van der Waals surface area contributed by atoms with Crippen LogP contribution in [-0.2, 0) is 11.2 Å². The van der Waals surface area contributed by atoms with Gasteiger partial charge in [0.15, 0.2) is 5.78 Å². The highest BCUT2D eigenvalue weighted by Gasteiger charge is 2.16. The van der Waals surface area contributed by atoms with Crippen LogP contribution in [0.3, 0.4) is 0 Å². The van der Waals surface area contributed by atoms with Gasteiger partial charge in [-0.05, 0) is 30.3 Å². The number of nitrogens with zero attached hydrogens (tertiary/aromatic N) is 1. The summed E-state index contributed by atoms with van der Waals surface area (Å²) >= 11 is 11.9. The van der Waals surface area contributed by atoms with Gasteiger partial charge in [-0.1, -0.05) is 35.3 Å². The second-order valence-electron chi connectivity index (χ2n) is 5.66. The monoisotopic (exact) mass is 377 g/mol. The Bertz CT molecular complexity index is 862. The molecule has 1 aromatic heterocycles. The van der Waals surface area contributed by atoms with Crippen LogP contribution in [0.4, 0.5) is 0 Å². The van der Waals surface area contributed by atoms with Crippen LogP contribution in [0.25, 0.3) is 11.0 Å². The van der Waals surface area contributed by atoms with Crippen LogP contribution >= 0.6 is 23.2 Å². The predicted molar refractivity (Wildman–Crippen MR) is 99.4 cm³/mol. The number of nitrogens with one attached hydrogen (secondary N) is 1. The van der Waals surface area contributed by atoms with Gasteiger partial charge in [-0.2, -0.15) is 0 Å². The largest absolute Gasteiger partial charge is 0.490 e. The number of imidazole rings is 1.